The minimum Gasteiger partial charge on any atom is -0.0654 e. The fourth-order valence-electron chi connectivity index (χ4n) is 2.96. The Hall–Kier alpha value is 0. The van der Waals surface area contributed by atoms with Crippen molar-refractivity contribution in [3.63, 3.8) is 0 Å². The summed E-state index contributed by atoms with van der Waals surface area (Å²) in [5, 5.41) is 0. The zero-order valence-corrected chi connectivity index (χ0v) is 9.84. The monoisotopic (exact) mass is 182 g/mol. The minimum absolute atomic E-state index is 0.984. The highest BCUT2D eigenvalue weighted by Gasteiger charge is 2.38. The summed E-state index contributed by atoms with van der Waals surface area (Å²) in [7, 11) is 0. The molecule has 1 aliphatic carbocycles. The molecule has 0 radical (unpaired) electrons. The molecule has 13 heavy (non-hydrogen) atoms. The van der Waals surface area contributed by atoms with Gasteiger partial charge < -0.3 is 0 Å². The number of hydrogen-bond acceptors (Lipinski definition) is 0. The molecule has 1 saturated carbocycles. The van der Waals surface area contributed by atoms with E-state index in [4.69, 9.17) is 0 Å². The van der Waals surface area contributed by atoms with Gasteiger partial charge in [0.05, 0.1) is 0 Å². The van der Waals surface area contributed by atoms with Crippen molar-refractivity contribution in [1.29, 1.82) is 0 Å². The van der Waals surface area contributed by atoms with E-state index in [1.807, 2.05) is 0 Å². The van der Waals surface area contributed by atoms with Crippen LogP contribution in [0.5, 0.6) is 0 Å². The zero-order chi connectivity index (χ0) is 9.84. The first-order chi connectivity index (χ1) is 6.20. The average molecular weight is 182 g/mol. The third kappa shape index (κ3) is 2.48. The molecule has 0 aromatic heterocycles. The summed E-state index contributed by atoms with van der Waals surface area (Å²) in [6, 6.07) is 0. The number of rotatable bonds is 5. The zero-order valence-electron chi connectivity index (χ0n) is 9.84. The number of hydrogen-bond donors (Lipinski definition) is 0. The van der Waals surface area contributed by atoms with Gasteiger partial charge in [0.1, 0.15) is 0 Å². The lowest BCUT2D eigenvalue weighted by Gasteiger charge is -2.46. The van der Waals surface area contributed by atoms with E-state index in [0.29, 0.717) is 0 Å². The maximum Gasteiger partial charge on any atom is -0.0357 e. The lowest BCUT2D eigenvalue weighted by atomic mass is 9.59. The summed E-state index contributed by atoms with van der Waals surface area (Å²) >= 11 is 0. The van der Waals surface area contributed by atoms with Crippen molar-refractivity contribution in [2.45, 2.75) is 59.8 Å². The molecule has 1 fully saturated rings. The van der Waals surface area contributed by atoms with Gasteiger partial charge in [-0.1, -0.05) is 53.4 Å². The van der Waals surface area contributed by atoms with E-state index in [9.17, 15) is 0 Å². The first-order valence-corrected chi connectivity index (χ1v) is 6.20. The molecule has 0 amide bonds. The molecule has 0 saturated heterocycles. The minimum atomic E-state index is 0.984. The van der Waals surface area contributed by atoms with Crippen molar-refractivity contribution in [2.24, 2.45) is 23.7 Å². The normalized spacial score (nSPS) is 35.5. The van der Waals surface area contributed by atoms with Gasteiger partial charge in [0.25, 0.3) is 0 Å². The molecule has 1 rings (SSSR count). The molecule has 4 unspecified atom stereocenters. The van der Waals surface area contributed by atoms with E-state index in [0.717, 1.165) is 23.7 Å². The van der Waals surface area contributed by atoms with Crippen LogP contribution in [0.25, 0.3) is 0 Å². The van der Waals surface area contributed by atoms with Crippen LogP contribution in [-0.4, -0.2) is 0 Å². The smallest absolute Gasteiger partial charge is 0.0357 e. The Labute approximate surface area is 84.1 Å². The fourth-order valence-corrected chi connectivity index (χ4v) is 2.96. The first kappa shape index (κ1) is 11.1. The summed E-state index contributed by atoms with van der Waals surface area (Å²) in [5.41, 5.74) is 0. The molecule has 0 spiro atoms. The predicted molar refractivity (Wildman–Crippen MR) is 59.7 cm³/mol. The van der Waals surface area contributed by atoms with Gasteiger partial charge in [-0.25, -0.2) is 0 Å². The Kier molecular flexibility index (Phi) is 4.28. The first-order valence-electron chi connectivity index (χ1n) is 6.20. The summed E-state index contributed by atoms with van der Waals surface area (Å²) in [4.78, 5) is 0. The third-order valence-corrected chi connectivity index (χ3v) is 4.26. The Balaban J connectivity index is 2.22. The van der Waals surface area contributed by atoms with E-state index < -0.39 is 0 Å². The summed E-state index contributed by atoms with van der Waals surface area (Å²) in [6.07, 6.45) is 7.17. The largest absolute Gasteiger partial charge is 0.0654 e. The topological polar surface area (TPSA) is 0 Å². The fraction of sp³-hybridized carbons (Fsp3) is 1.00. The molecule has 0 aliphatic heterocycles. The van der Waals surface area contributed by atoms with Crippen LogP contribution in [0.2, 0.25) is 0 Å². The maximum atomic E-state index is 2.46. The van der Waals surface area contributed by atoms with Gasteiger partial charge in [0, 0.05) is 0 Å². The highest BCUT2D eigenvalue weighted by Crippen LogP contribution is 2.47. The van der Waals surface area contributed by atoms with Crippen molar-refractivity contribution < 1.29 is 0 Å². The molecule has 0 nitrogen and oxygen atoms in total. The van der Waals surface area contributed by atoms with Crippen LogP contribution in [-0.2, 0) is 0 Å². The molecular formula is C13H26. The average Bonchev–Trinajstić information content (AvgIpc) is 2.13. The molecule has 1 aliphatic rings. The summed E-state index contributed by atoms with van der Waals surface area (Å²) in [6.45, 7) is 9.56. The third-order valence-electron chi connectivity index (χ3n) is 4.26. The molecule has 4 atom stereocenters. The Bertz CT molecular complexity index is 139. The van der Waals surface area contributed by atoms with Crippen LogP contribution in [0.4, 0.5) is 0 Å². The SMILES string of the molecule is CCCCC(C)C1CC(CC)C1C. The van der Waals surface area contributed by atoms with Gasteiger partial charge in [0.2, 0.25) is 0 Å². The molecular weight excluding hydrogens is 156 g/mol. The van der Waals surface area contributed by atoms with Gasteiger partial charge in [0.15, 0.2) is 0 Å². The van der Waals surface area contributed by atoms with Gasteiger partial charge in [-0.05, 0) is 30.1 Å². The Morgan fingerprint density at radius 1 is 1.31 bits per heavy atom. The van der Waals surface area contributed by atoms with E-state index in [-0.39, 0.29) is 0 Å². The van der Waals surface area contributed by atoms with E-state index in [1.54, 1.807) is 0 Å². The standard InChI is InChI=1S/C13H26/c1-5-7-8-10(3)13-9-12(6-2)11(13)4/h10-13H,5-9H2,1-4H3. The predicted octanol–water partition coefficient (Wildman–Crippen LogP) is 4.49. The van der Waals surface area contributed by atoms with E-state index in [2.05, 4.69) is 27.7 Å². The molecule has 0 aromatic rings. The van der Waals surface area contributed by atoms with E-state index >= 15 is 0 Å². The van der Waals surface area contributed by atoms with Crippen LogP contribution < -0.4 is 0 Å². The van der Waals surface area contributed by atoms with Crippen molar-refractivity contribution in [3.05, 3.63) is 0 Å². The highest BCUT2D eigenvalue weighted by atomic mass is 14.4. The highest BCUT2D eigenvalue weighted by molar-refractivity contribution is 4.88. The Morgan fingerprint density at radius 2 is 2.00 bits per heavy atom. The Morgan fingerprint density at radius 3 is 2.46 bits per heavy atom. The molecule has 0 heterocycles. The van der Waals surface area contributed by atoms with Crippen molar-refractivity contribution >= 4 is 0 Å². The van der Waals surface area contributed by atoms with Crippen molar-refractivity contribution in [3.8, 4) is 0 Å². The second-order valence-electron chi connectivity index (χ2n) is 5.05. The van der Waals surface area contributed by atoms with Gasteiger partial charge in [-0.3, -0.25) is 0 Å². The maximum absolute atomic E-state index is 2.46. The van der Waals surface area contributed by atoms with Crippen LogP contribution >= 0.6 is 0 Å². The molecule has 0 heteroatoms. The van der Waals surface area contributed by atoms with E-state index in [1.165, 1.54) is 32.1 Å². The summed E-state index contributed by atoms with van der Waals surface area (Å²) in [5.74, 6) is 4.10. The second kappa shape index (κ2) is 5.02. The summed E-state index contributed by atoms with van der Waals surface area (Å²) < 4.78 is 0. The van der Waals surface area contributed by atoms with Gasteiger partial charge in [-0.2, -0.15) is 0 Å². The van der Waals surface area contributed by atoms with Crippen molar-refractivity contribution in [2.75, 3.05) is 0 Å². The lowest BCUT2D eigenvalue weighted by molar-refractivity contribution is 0.0363. The van der Waals surface area contributed by atoms with Crippen molar-refractivity contribution in [1.82, 2.24) is 0 Å². The molecule has 0 N–H and O–H groups in total. The second-order valence-corrected chi connectivity index (χ2v) is 5.05. The quantitative estimate of drug-likeness (QED) is 0.587. The lowest BCUT2D eigenvalue weighted by Crippen LogP contribution is -2.38. The molecule has 78 valence electrons. The van der Waals surface area contributed by atoms with Crippen LogP contribution in [0.1, 0.15) is 59.8 Å². The molecule has 0 aromatic carbocycles. The van der Waals surface area contributed by atoms with Crippen LogP contribution in [0, 0.1) is 23.7 Å². The van der Waals surface area contributed by atoms with Crippen LogP contribution in [0.3, 0.4) is 0 Å². The van der Waals surface area contributed by atoms with Gasteiger partial charge in [-0.15, -0.1) is 0 Å². The van der Waals surface area contributed by atoms with Crippen LogP contribution in [0.15, 0.2) is 0 Å². The van der Waals surface area contributed by atoms with Gasteiger partial charge >= 0.3 is 0 Å². The number of unbranched alkanes of at least 4 members (excludes halogenated alkanes) is 1. The molecule has 0 bridgehead atoms.